The summed E-state index contributed by atoms with van der Waals surface area (Å²) >= 11 is 6.22. The SMILES string of the molecule is Cc1c(C(=O)[O-])cc2c(c1Cl)OCCn1cncc1-2.[Li+]. The average Bonchev–Trinajstić information content (AvgIpc) is 2.76. The molecule has 3 rings (SSSR count). The minimum absolute atomic E-state index is 0. The van der Waals surface area contributed by atoms with E-state index in [0.717, 1.165) is 5.69 Å². The van der Waals surface area contributed by atoms with Crippen molar-refractivity contribution in [3.8, 4) is 17.0 Å². The van der Waals surface area contributed by atoms with E-state index >= 15 is 0 Å². The fourth-order valence-corrected chi connectivity index (χ4v) is 2.50. The molecule has 0 spiro atoms. The molecule has 1 aliphatic rings. The number of carboxylic acid groups (broad SMARTS) is 1. The molecule has 0 atom stereocenters. The molecule has 0 N–H and O–H groups in total. The molecule has 0 saturated carbocycles. The Morgan fingerprint density at radius 1 is 1.55 bits per heavy atom. The van der Waals surface area contributed by atoms with Crippen molar-refractivity contribution in [2.75, 3.05) is 6.61 Å². The summed E-state index contributed by atoms with van der Waals surface area (Å²) in [5.41, 5.74) is 1.94. The van der Waals surface area contributed by atoms with Gasteiger partial charge in [0, 0.05) is 11.1 Å². The van der Waals surface area contributed by atoms with Crippen LogP contribution < -0.4 is 28.7 Å². The summed E-state index contributed by atoms with van der Waals surface area (Å²) in [7, 11) is 0. The van der Waals surface area contributed by atoms with Crippen LogP contribution in [-0.2, 0) is 6.54 Å². The topological polar surface area (TPSA) is 67.2 Å². The van der Waals surface area contributed by atoms with Crippen molar-refractivity contribution in [1.29, 1.82) is 0 Å². The summed E-state index contributed by atoms with van der Waals surface area (Å²) in [4.78, 5) is 15.2. The zero-order valence-electron chi connectivity index (χ0n) is 11.1. The van der Waals surface area contributed by atoms with Gasteiger partial charge in [0.2, 0.25) is 0 Å². The third-order valence-electron chi connectivity index (χ3n) is 3.25. The number of rotatable bonds is 1. The van der Waals surface area contributed by atoms with Gasteiger partial charge in [0.15, 0.2) is 0 Å². The molecule has 20 heavy (non-hydrogen) atoms. The monoisotopic (exact) mass is 284 g/mol. The van der Waals surface area contributed by atoms with Gasteiger partial charge >= 0.3 is 18.9 Å². The van der Waals surface area contributed by atoms with Crippen molar-refractivity contribution in [1.82, 2.24) is 9.55 Å². The number of hydrogen-bond acceptors (Lipinski definition) is 4. The number of nitrogens with zero attached hydrogens (tertiary/aromatic N) is 2. The van der Waals surface area contributed by atoms with E-state index in [1.807, 2.05) is 4.57 Å². The normalized spacial score (nSPS) is 12.5. The first kappa shape index (κ1) is 15.0. The quantitative estimate of drug-likeness (QED) is 0.584. The fourth-order valence-electron chi connectivity index (χ4n) is 2.24. The van der Waals surface area contributed by atoms with E-state index < -0.39 is 5.97 Å². The summed E-state index contributed by atoms with van der Waals surface area (Å²) in [5.74, 6) is -0.749. The predicted molar refractivity (Wildman–Crippen MR) is 67.2 cm³/mol. The molecule has 0 aliphatic carbocycles. The molecule has 0 bridgehead atoms. The Bertz CT molecular complexity index is 684. The van der Waals surface area contributed by atoms with E-state index in [-0.39, 0.29) is 24.4 Å². The molecule has 0 amide bonds. The van der Waals surface area contributed by atoms with Gasteiger partial charge in [-0.05, 0) is 18.6 Å². The third-order valence-corrected chi connectivity index (χ3v) is 3.71. The zero-order chi connectivity index (χ0) is 13.6. The van der Waals surface area contributed by atoms with E-state index in [0.29, 0.717) is 35.1 Å². The van der Waals surface area contributed by atoms with Gasteiger partial charge in [0.1, 0.15) is 12.4 Å². The van der Waals surface area contributed by atoms with Crippen LogP contribution in [0.1, 0.15) is 15.9 Å². The van der Waals surface area contributed by atoms with Gasteiger partial charge in [-0.2, -0.15) is 0 Å². The molecule has 1 aliphatic heterocycles. The second-order valence-corrected chi connectivity index (χ2v) is 4.73. The summed E-state index contributed by atoms with van der Waals surface area (Å²) in [6, 6.07) is 1.53. The maximum Gasteiger partial charge on any atom is 1.00 e. The van der Waals surface area contributed by atoms with E-state index in [1.165, 1.54) is 6.07 Å². The van der Waals surface area contributed by atoms with E-state index in [2.05, 4.69) is 4.98 Å². The predicted octanol–water partition coefficient (Wildman–Crippen LogP) is -1.73. The smallest absolute Gasteiger partial charge is 0.545 e. The molecule has 7 heteroatoms. The minimum Gasteiger partial charge on any atom is -0.545 e. The van der Waals surface area contributed by atoms with Gasteiger partial charge in [-0.25, -0.2) is 4.98 Å². The number of carbonyl (C=O) groups excluding carboxylic acids is 1. The molecular formula is C13H10ClLiN2O3. The first-order valence-corrected chi connectivity index (χ1v) is 6.15. The molecule has 0 fully saturated rings. The Kier molecular flexibility index (Phi) is 4.14. The Morgan fingerprint density at radius 3 is 3.00 bits per heavy atom. The molecule has 5 nitrogen and oxygen atoms in total. The Balaban J connectivity index is 0.00000147. The van der Waals surface area contributed by atoms with Crippen LogP contribution in [0.3, 0.4) is 0 Å². The first-order chi connectivity index (χ1) is 9.09. The van der Waals surface area contributed by atoms with Gasteiger partial charge < -0.3 is 19.2 Å². The number of ether oxygens (including phenoxy) is 1. The van der Waals surface area contributed by atoms with E-state index in [4.69, 9.17) is 16.3 Å². The number of hydrogen-bond donors (Lipinski definition) is 0. The summed E-state index contributed by atoms with van der Waals surface area (Å²) in [5, 5.41) is 11.5. The molecule has 0 unspecified atom stereocenters. The van der Waals surface area contributed by atoms with Crippen molar-refractivity contribution in [2.45, 2.75) is 13.5 Å². The number of benzene rings is 1. The zero-order valence-corrected chi connectivity index (χ0v) is 11.9. The largest absolute Gasteiger partial charge is 1.00 e. The Hall–Kier alpha value is -1.41. The molecule has 2 aromatic rings. The van der Waals surface area contributed by atoms with Crippen molar-refractivity contribution in [3.63, 3.8) is 0 Å². The molecule has 98 valence electrons. The van der Waals surface area contributed by atoms with Crippen molar-refractivity contribution >= 4 is 17.6 Å². The van der Waals surface area contributed by atoms with Crippen LogP contribution in [-0.4, -0.2) is 22.1 Å². The maximum atomic E-state index is 11.2. The van der Waals surface area contributed by atoms with Crippen LogP contribution in [0, 0.1) is 6.92 Å². The number of halogens is 1. The number of fused-ring (bicyclic) bond motifs is 3. The van der Waals surface area contributed by atoms with Crippen LogP contribution in [0.2, 0.25) is 5.02 Å². The van der Waals surface area contributed by atoms with Gasteiger partial charge in [-0.15, -0.1) is 0 Å². The van der Waals surface area contributed by atoms with E-state index in [1.54, 1.807) is 19.4 Å². The number of aromatic nitrogens is 2. The third kappa shape index (κ3) is 2.22. The average molecular weight is 285 g/mol. The second kappa shape index (κ2) is 5.53. The van der Waals surface area contributed by atoms with Crippen molar-refractivity contribution in [3.05, 3.63) is 34.7 Å². The van der Waals surface area contributed by atoms with Gasteiger partial charge in [0.05, 0.1) is 35.8 Å². The standard InChI is InChI=1S/C13H11ClN2O3.Li/c1-7-8(13(17)18)4-9-10-5-15-6-16(10)2-3-19-12(9)11(7)14;/h4-6H,2-3H2,1H3,(H,17,18);/q;+1/p-1. The maximum absolute atomic E-state index is 11.2. The molecule has 1 aromatic heterocycles. The Labute approximate surface area is 132 Å². The van der Waals surface area contributed by atoms with Crippen molar-refractivity contribution in [2.24, 2.45) is 0 Å². The minimum atomic E-state index is -1.25. The molecular weight excluding hydrogens is 275 g/mol. The fraction of sp³-hybridized carbons (Fsp3) is 0.231. The van der Waals surface area contributed by atoms with Crippen LogP contribution >= 0.6 is 11.6 Å². The van der Waals surface area contributed by atoms with Gasteiger partial charge in [-0.3, -0.25) is 0 Å². The van der Waals surface area contributed by atoms with Crippen LogP contribution in [0.5, 0.6) is 5.75 Å². The number of carbonyl (C=O) groups is 1. The van der Waals surface area contributed by atoms with Gasteiger partial charge in [0.25, 0.3) is 0 Å². The van der Waals surface area contributed by atoms with Crippen molar-refractivity contribution < 1.29 is 33.5 Å². The Morgan fingerprint density at radius 2 is 2.30 bits per heavy atom. The first-order valence-electron chi connectivity index (χ1n) is 5.77. The number of aromatic carboxylic acids is 1. The number of carboxylic acids is 1. The molecule has 1 aromatic carbocycles. The van der Waals surface area contributed by atoms with Crippen LogP contribution in [0.4, 0.5) is 0 Å². The second-order valence-electron chi connectivity index (χ2n) is 4.35. The van der Waals surface area contributed by atoms with Crippen LogP contribution in [0.15, 0.2) is 18.6 Å². The van der Waals surface area contributed by atoms with E-state index in [9.17, 15) is 9.90 Å². The molecule has 0 radical (unpaired) electrons. The summed E-state index contributed by atoms with van der Waals surface area (Å²) < 4.78 is 7.54. The molecule has 0 saturated heterocycles. The number of imidazole rings is 1. The molecule has 2 heterocycles. The summed E-state index contributed by atoms with van der Waals surface area (Å²) in [6.45, 7) is 2.74. The van der Waals surface area contributed by atoms with Crippen LogP contribution in [0.25, 0.3) is 11.3 Å². The summed E-state index contributed by atoms with van der Waals surface area (Å²) in [6.07, 6.45) is 3.35. The van der Waals surface area contributed by atoms with Gasteiger partial charge in [-0.1, -0.05) is 11.6 Å².